The zero-order chi connectivity index (χ0) is 11.5. The maximum absolute atomic E-state index is 11.9. The summed E-state index contributed by atoms with van der Waals surface area (Å²) in [6.07, 6.45) is 1.76. The Morgan fingerprint density at radius 1 is 1.69 bits per heavy atom. The van der Waals surface area contributed by atoms with Crippen LogP contribution >= 0.6 is 0 Å². The van der Waals surface area contributed by atoms with E-state index in [1.807, 2.05) is 6.92 Å². The number of rotatable bonds is 2. The molecule has 2 atom stereocenters. The number of aliphatic hydroxyl groups is 1. The number of aromatic amines is 1. The fourth-order valence-corrected chi connectivity index (χ4v) is 1.84. The lowest BCUT2D eigenvalue weighted by Crippen LogP contribution is -2.48. The molecular weight excluding hydrogens is 208 g/mol. The molecule has 3 N–H and O–H groups in total. The smallest absolute Gasteiger partial charge is 0.253 e. The van der Waals surface area contributed by atoms with Gasteiger partial charge in [-0.2, -0.15) is 0 Å². The third-order valence-corrected chi connectivity index (χ3v) is 2.84. The molecule has 0 aromatic carbocycles. The Morgan fingerprint density at radius 2 is 2.50 bits per heavy atom. The molecule has 1 aromatic rings. The zero-order valence-corrected chi connectivity index (χ0v) is 9.19. The van der Waals surface area contributed by atoms with Crippen LogP contribution in [0.25, 0.3) is 0 Å². The second-order valence-electron chi connectivity index (χ2n) is 4.03. The Kier molecular flexibility index (Phi) is 3.26. The Hall–Kier alpha value is -1.33. The van der Waals surface area contributed by atoms with Crippen LogP contribution in [0.2, 0.25) is 0 Å². The third kappa shape index (κ3) is 2.25. The summed E-state index contributed by atoms with van der Waals surface area (Å²) in [5.74, 6) is -0.148. The van der Waals surface area contributed by atoms with Crippen LogP contribution in [-0.2, 0) is 4.74 Å². The van der Waals surface area contributed by atoms with E-state index in [4.69, 9.17) is 4.74 Å². The molecule has 88 valence electrons. The van der Waals surface area contributed by atoms with E-state index in [2.05, 4.69) is 10.3 Å². The number of ether oxygens (including phenoxy) is 1. The first-order chi connectivity index (χ1) is 7.68. The highest BCUT2D eigenvalue weighted by molar-refractivity contribution is 5.95. The predicted molar refractivity (Wildman–Crippen MR) is 58.2 cm³/mol. The molecule has 5 heteroatoms. The minimum Gasteiger partial charge on any atom is -0.389 e. The van der Waals surface area contributed by atoms with Crippen LogP contribution in [0.4, 0.5) is 0 Å². The number of aliphatic hydroxyl groups excluding tert-OH is 1. The van der Waals surface area contributed by atoms with Gasteiger partial charge in [-0.3, -0.25) is 4.79 Å². The molecule has 1 aliphatic rings. The van der Waals surface area contributed by atoms with E-state index >= 15 is 0 Å². The molecule has 5 nitrogen and oxygen atoms in total. The highest BCUT2D eigenvalue weighted by Crippen LogP contribution is 2.10. The molecule has 1 aliphatic heterocycles. The Labute approximate surface area is 93.8 Å². The second kappa shape index (κ2) is 4.67. The lowest BCUT2D eigenvalue weighted by Gasteiger charge is -2.28. The van der Waals surface area contributed by atoms with Crippen molar-refractivity contribution in [2.75, 3.05) is 13.2 Å². The van der Waals surface area contributed by atoms with Gasteiger partial charge in [0, 0.05) is 18.5 Å². The summed E-state index contributed by atoms with van der Waals surface area (Å²) in [5, 5.41) is 12.5. The summed E-state index contributed by atoms with van der Waals surface area (Å²) in [5.41, 5.74) is 1.46. The summed E-state index contributed by atoms with van der Waals surface area (Å²) < 4.78 is 5.10. The molecule has 0 unspecified atom stereocenters. The Morgan fingerprint density at radius 3 is 3.12 bits per heavy atom. The van der Waals surface area contributed by atoms with Gasteiger partial charge < -0.3 is 20.1 Å². The molecule has 1 fully saturated rings. The van der Waals surface area contributed by atoms with E-state index in [1.54, 1.807) is 12.3 Å². The van der Waals surface area contributed by atoms with Gasteiger partial charge in [0.1, 0.15) is 0 Å². The van der Waals surface area contributed by atoms with Crippen molar-refractivity contribution in [1.29, 1.82) is 0 Å². The van der Waals surface area contributed by atoms with Crippen LogP contribution < -0.4 is 5.32 Å². The van der Waals surface area contributed by atoms with Crippen molar-refractivity contribution in [3.63, 3.8) is 0 Å². The van der Waals surface area contributed by atoms with E-state index < -0.39 is 6.10 Å². The van der Waals surface area contributed by atoms with Gasteiger partial charge in [-0.1, -0.05) is 0 Å². The van der Waals surface area contributed by atoms with E-state index in [9.17, 15) is 9.90 Å². The van der Waals surface area contributed by atoms with E-state index in [0.29, 0.717) is 18.6 Å². The Balaban J connectivity index is 1.99. The van der Waals surface area contributed by atoms with Crippen molar-refractivity contribution in [2.24, 2.45) is 0 Å². The summed E-state index contributed by atoms with van der Waals surface area (Å²) >= 11 is 0. The van der Waals surface area contributed by atoms with Crippen LogP contribution in [0.5, 0.6) is 0 Å². The first-order valence-electron chi connectivity index (χ1n) is 5.39. The molecule has 1 aromatic heterocycles. The molecule has 0 saturated carbocycles. The number of aryl methyl sites for hydroxylation is 1. The molecule has 16 heavy (non-hydrogen) atoms. The number of nitrogens with one attached hydrogen (secondary N) is 2. The van der Waals surface area contributed by atoms with Gasteiger partial charge in [0.25, 0.3) is 5.91 Å². The lowest BCUT2D eigenvalue weighted by molar-refractivity contribution is -0.0260. The van der Waals surface area contributed by atoms with Crippen molar-refractivity contribution in [3.8, 4) is 0 Å². The Bertz CT molecular complexity index is 375. The van der Waals surface area contributed by atoms with Gasteiger partial charge in [0.15, 0.2) is 0 Å². The standard InChI is InChI=1S/C11H16N2O3/c1-7-8(2-4-12-7)11(15)13-9-3-5-16-6-10(9)14/h2,4,9-10,12,14H,3,5-6H2,1H3,(H,13,15)/t9-,10-/m1/s1. The highest BCUT2D eigenvalue weighted by atomic mass is 16.5. The molecule has 0 radical (unpaired) electrons. The monoisotopic (exact) mass is 224 g/mol. The topological polar surface area (TPSA) is 74.4 Å². The molecule has 0 bridgehead atoms. The first-order valence-corrected chi connectivity index (χ1v) is 5.39. The second-order valence-corrected chi connectivity index (χ2v) is 4.03. The van der Waals surface area contributed by atoms with Gasteiger partial charge in [-0.25, -0.2) is 0 Å². The minimum atomic E-state index is -0.614. The normalized spacial score (nSPS) is 25.4. The largest absolute Gasteiger partial charge is 0.389 e. The number of H-pyrrole nitrogens is 1. The minimum absolute atomic E-state index is 0.148. The van der Waals surface area contributed by atoms with Crippen molar-refractivity contribution in [1.82, 2.24) is 10.3 Å². The van der Waals surface area contributed by atoms with Crippen molar-refractivity contribution in [2.45, 2.75) is 25.5 Å². The fourth-order valence-electron chi connectivity index (χ4n) is 1.84. The number of aromatic nitrogens is 1. The van der Waals surface area contributed by atoms with Gasteiger partial charge in [-0.05, 0) is 19.4 Å². The van der Waals surface area contributed by atoms with Crippen LogP contribution in [0.3, 0.4) is 0 Å². The predicted octanol–water partition coefficient (Wildman–Crippen LogP) is 0.203. The lowest BCUT2D eigenvalue weighted by atomic mass is 10.1. The molecule has 1 amide bonds. The average molecular weight is 224 g/mol. The van der Waals surface area contributed by atoms with Crippen LogP contribution in [0.1, 0.15) is 22.5 Å². The van der Waals surface area contributed by atoms with E-state index in [1.165, 1.54) is 0 Å². The SMILES string of the molecule is Cc1[nH]ccc1C(=O)N[C@@H]1CCOC[C@H]1O. The first kappa shape index (κ1) is 11.2. The van der Waals surface area contributed by atoms with Gasteiger partial charge in [-0.15, -0.1) is 0 Å². The van der Waals surface area contributed by atoms with Crippen LogP contribution in [0, 0.1) is 6.92 Å². The molecule has 0 spiro atoms. The quantitative estimate of drug-likeness (QED) is 0.672. The summed E-state index contributed by atoms with van der Waals surface area (Å²) in [4.78, 5) is 14.8. The average Bonchev–Trinajstić information content (AvgIpc) is 2.68. The number of carbonyl (C=O) groups is 1. The summed E-state index contributed by atoms with van der Waals surface area (Å²) in [7, 11) is 0. The third-order valence-electron chi connectivity index (χ3n) is 2.84. The highest BCUT2D eigenvalue weighted by Gasteiger charge is 2.25. The summed E-state index contributed by atoms with van der Waals surface area (Å²) in [6, 6.07) is 1.52. The van der Waals surface area contributed by atoms with Crippen molar-refractivity contribution in [3.05, 3.63) is 23.5 Å². The number of carbonyl (C=O) groups excluding carboxylic acids is 1. The van der Waals surface area contributed by atoms with Crippen LogP contribution in [-0.4, -0.2) is 41.4 Å². The molecule has 0 aliphatic carbocycles. The number of hydrogen-bond donors (Lipinski definition) is 3. The van der Waals surface area contributed by atoms with E-state index in [0.717, 1.165) is 5.69 Å². The van der Waals surface area contributed by atoms with Crippen LogP contribution in [0.15, 0.2) is 12.3 Å². The van der Waals surface area contributed by atoms with Crippen molar-refractivity contribution >= 4 is 5.91 Å². The number of hydrogen-bond acceptors (Lipinski definition) is 3. The molecule has 1 saturated heterocycles. The fraction of sp³-hybridized carbons (Fsp3) is 0.545. The van der Waals surface area contributed by atoms with Gasteiger partial charge >= 0.3 is 0 Å². The molecular formula is C11H16N2O3. The molecule has 2 rings (SSSR count). The summed E-state index contributed by atoms with van der Waals surface area (Å²) in [6.45, 7) is 2.71. The zero-order valence-electron chi connectivity index (χ0n) is 9.19. The maximum atomic E-state index is 11.9. The van der Waals surface area contributed by atoms with Gasteiger partial charge in [0.2, 0.25) is 0 Å². The maximum Gasteiger partial charge on any atom is 0.253 e. The van der Waals surface area contributed by atoms with Crippen molar-refractivity contribution < 1.29 is 14.6 Å². The van der Waals surface area contributed by atoms with Gasteiger partial charge in [0.05, 0.1) is 24.3 Å². The molecule has 2 heterocycles. The number of amides is 1. The van der Waals surface area contributed by atoms with E-state index in [-0.39, 0.29) is 18.6 Å².